The Morgan fingerprint density at radius 3 is 2.50 bits per heavy atom. The lowest BCUT2D eigenvalue weighted by Gasteiger charge is -2.34. The molecule has 2 aromatic rings. The molecule has 7 nitrogen and oxygen atoms in total. The molecule has 0 aliphatic carbocycles. The van der Waals surface area contributed by atoms with Crippen molar-refractivity contribution < 1.29 is 13.9 Å². The summed E-state index contributed by atoms with van der Waals surface area (Å²) >= 11 is 3.39. The minimum Gasteiger partial charge on any atom is -0.363 e. The number of hydrogen-bond donors (Lipinski definition) is 0. The van der Waals surface area contributed by atoms with E-state index in [1.807, 2.05) is 4.90 Å². The summed E-state index contributed by atoms with van der Waals surface area (Å²) in [6, 6.07) is 6.31. The minimum absolute atomic E-state index is 0.0704. The zero-order chi connectivity index (χ0) is 20.1. The Kier molecular flexibility index (Phi) is 6.93. The van der Waals surface area contributed by atoms with Gasteiger partial charge in [-0.1, -0.05) is 12.1 Å². The van der Waals surface area contributed by atoms with Crippen LogP contribution >= 0.6 is 15.9 Å². The lowest BCUT2D eigenvalue weighted by Crippen LogP contribution is -2.50. The van der Waals surface area contributed by atoms with E-state index in [4.69, 9.17) is 4.74 Å². The molecule has 1 aromatic carbocycles. The van der Waals surface area contributed by atoms with Crippen molar-refractivity contribution in [2.24, 2.45) is 12.0 Å². The number of halogens is 2. The first-order chi connectivity index (χ1) is 13.5. The van der Waals surface area contributed by atoms with Crippen molar-refractivity contribution in [3.8, 4) is 0 Å². The summed E-state index contributed by atoms with van der Waals surface area (Å²) in [6.07, 6.45) is 1.77. The van der Waals surface area contributed by atoms with Crippen molar-refractivity contribution in [1.82, 2.24) is 19.6 Å². The topological polar surface area (TPSA) is 63.0 Å². The number of hydrogen-bond acceptors (Lipinski definition) is 5. The molecule has 1 fully saturated rings. The third-order valence-corrected chi connectivity index (χ3v) is 5.16. The summed E-state index contributed by atoms with van der Waals surface area (Å²) in [5.41, 5.74) is 2.15. The molecule has 1 saturated heterocycles. The molecule has 0 atom stereocenters. The number of methoxy groups -OCH3 is 1. The Labute approximate surface area is 171 Å². The van der Waals surface area contributed by atoms with Gasteiger partial charge in [-0.3, -0.25) is 19.4 Å². The predicted molar refractivity (Wildman–Crippen MR) is 108 cm³/mol. The number of rotatable bonds is 6. The van der Waals surface area contributed by atoms with Gasteiger partial charge in [0, 0.05) is 53.1 Å². The first kappa shape index (κ1) is 20.6. The van der Waals surface area contributed by atoms with E-state index in [2.05, 4.69) is 30.9 Å². The number of piperazine rings is 1. The van der Waals surface area contributed by atoms with Crippen LogP contribution in [0.2, 0.25) is 0 Å². The van der Waals surface area contributed by atoms with Crippen LogP contribution in [-0.4, -0.2) is 77.8 Å². The second-order valence-electron chi connectivity index (χ2n) is 6.60. The van der Waals surface area contributed by atoms with E-state index in [1.54, 1.807) is 37.2 Å². The van der Waals surface area contributed by atoms with Crippen molar-refractivity contribution in [2.75, 3.05) is 46.6 Å². The molecule has 0 N–H and O–H groups in total. The normalized spacial score (nSPS) is 15.9. The van der Waals surface area contributed by atoms with Crippen LogP contribution in [0.25, 0.3) is 0 Å². The molecular weight excluding hydrogens is 429 g/mol. The number of amides is 1. The van der Waals surface area contributed by atoms with Crippen LogP contribution in [0.5, 0.6) is 0 Å². The summed E-state index contributed by atoms with van der Waals surface area (Å²) in [5.74, 6) is -0.346. The lowest BCUT2D eigenvalue weighted by atomic mass is 10.1. The van der Waals surface area contributed by atoms with Gasteiger partial charge in [0.2, 0.25) is 0 Å². The van der Waals surface area contributed by atoms with Gasteiger partial charge < -0.3 is 9.64 Å². The third kappa shape index (κ3) is 5.03. The SMILES string of the molecule is COC/N=C(\CN1CCN(C(=O)c2nn(C)cc2Br)CC1)c1ccc(F)cc1. The Morgan fingerprint density at radius 2 is 1.93 bits per heavy atom. The molecule has 0 bridgehead atoms. The van der Waals surface area contributed by atoms with Crippen LogP contribution in [0.15, 0.2) is 39.9 Å². The summed E-state index contributed by atoms with van der Waals surface area (Å²) in [7, 11) is 3.38. The molecule has 0 radical (unpaired) electrons. The van der Waals surface area contributed by atoms with Gasteiger partial charge in [0.15, 0.2) is 5.69 Å². The fraction of sp³-hybridized carbons (Fsp3) is 0.421. The maximum Gasteiger partial charge on any atom is 0.275 e. The van der Waals surface area contributed by atoms with Crippen LogP contribution in [0.4, 0.5) is 4.39 Å². The molecule has 28 heavy (non-hydrogen) atoms. The number of ether oxygens (including phenoxy) is 1. The lowest BCUT2D eigenvalue weighted by molar-refractivity contribution is 0.0646. The Morgan fingerprint density at radius 1 is 1.25 bits per heavy atom. The van der Waals surface area contributed by atoms with Crippen LogP contribution in [-0.2, 0) is 11.8 Å². The van der Waals surface area contributed by atoms with Gasteiger partial charge in [0.1, 0.15) is 12.5 Å². The van der Waals surface area contributed by atoms with Gasteiger partial charge in [-0.15, -0.1) is 0 Å². The molecule has 0 saturated carbocycles. The average molecular weight is 452 g/mol. The quantitative estimate of drug-likeness (QED) is 0.631. The molecule has 9 heteroatoms. The van der Waals surface area contributed by atoms with E-state index < -0.39 is 0 Å². The number of carbonyl (C=O) groups is 1. The maximum atomic E-state index is 13.2. The largest absolute Gasteiger partial charge is 0.363 e. The first-order valence-electron chi connectivity index (χ1n) is 8.97. The van der Waals surface area contributed by atoms with Gasteiger partial charge in [-0.25, -0.2) is 4.39 Å². The molecule has 0 spiro atoms. The summed E-state index contributed by atoms with van der Waals surface area (Å²) in [4.78, 5) is 21.2. The maximum absolute atomic E-state index is 13.2. The highest BCUT2D eigenvalue weighted by atomic mass is 79.9. The van der Waals surface area contributed by atoms with Gasteiger partial charge in [0.25, 0.3) is 5.91 Å². The van der Waals surface area contributed by atoms with Gasteiger partial charge in [-0.05, 0) is 33.6 Å². The molecule has 0 unspecified atom stereocenters. The Bertz CT molecular complexity index is 845. The fourth-order valence-electron chi connectivity index (χ4n) is 3.09. The standard InChI is InChI=1S/C19H23BrFN5O2/c1-24-11-16(20)18(23-24)19(27)26-9-7-25(8-10-26)12-17(22-13-28-2)14-3-5-15(21)6-4-14/h3-6,11H,7-10,12-13H2,1-2H3/b22-17+. The van der Waals surface area contributed by atoms with Gasteiger partial charge in [0.05, 0.1) is 10.2 Å². The van der Waals surface area contributed by atoms with E-state index in [-0.39, 0.29) is 18.5 Å². The average Bonchev–Trinajstić information content (AvgIpc) is 3.04. The number of aromatic nitrogens is 2. The second-order valence-corrected chi connectivity index (χ2v) is 7.45. The van der Waals surface area contributed by atoms with E-state index in [9.17, 15) is 9.18 Å². The van der Waals surface area contributed by atoms with Crippen LogP contribution < -0.4 is 0 Å². The van der Waals surface area contributed by atoms with Crippen molar-refractivity contribution in [3.05, 3.63) is 52.0 Å². The highest BCUT2D eigenvalue weighted by molar-refractivity contribution is 9.10. The molecule has 1 amide bonds. The second kappa shape index (κ2) is 9.40. The molecule has 1 aromatic heterocycles. The highest BCUT2D eigenvalue weighted by Crippen LogP contribution is 2.17. The van der Waals surface area contributed by atoms with E-state index >= 15 is 0 Å². The van der Waals surface area contributed by atoms with Crippen LogP contribution in [0.1, 0.15) is 16.1 Å². The molecule has 2 heterocycles. The van der Waals surface area contributed by atoms with Crippen molar-refractivity contribution in [2.45, 2.75) is 0 Å². The van der Waals surface area contributed by atoms with Gasteiger partial charge in [-0.2, -0.15) is 5.10 Å². The Hall–Kier alpha value is -2.10. The highest BCUT2D eigenvalue weighted by Gasteiger charge is 2.26. The van der Waals surface area contributed by atoms with Crippen LogP contribution in [0, 0.1) is 5.82 Å². The third-order valence-electron chi connectivity index (χ3n) is 4.58. The molecule has 1 aliphatic rings. The molecule has 150 valence electrons. The molecule has 3 rings (SSSR count). The summed E-state index contributed by atoms with van der Waals surface area (Å²) < 4.78 is 20.6. The zero-order valence-electron chi connectivity index (χ0n) is 15.9. The minimum atomic E-state index is -0.275. The van der Waals surface area contributed by atoms with Gasteiger partial charge >= 0.3 is 0 Å². The number of nitrogens with zero attached hydrogens (tertiary/aromatic N) is 5. The Balaban J connectivity index is 1.62. The predicted octanol–water partition coefficient (Wildman–Crippen LogP) is 2.17. The fourth-order valence-corrected chi connectivity index (χ4v) is 3.64. The smallest absolute Gasteiger partial charge is 0.275 e. The van der Waals surface area contributed by atoms with Crippen molar-refractivity contribution in [1.29, 1.82) is 0 Å². The zero-order valence-corrected chi connectivity index (χ0v) is 17.5. The van der Waals surface area contributed by atoms with Crippen molar-refractivity contribution in [3.63, 3.8) is 0 Å². The first-order valence-corrected chi connectivity index (χ1v) is 9.76. The monoisotopic (exact) mass is 451 g/mol. The van der Waals surface area contributed by atoms with Crippen LogP contribution in [0.3, 0.4) is 0 Å². The van der Waals surface area contributed by atoms with E-state index in [0.717, 1.165) is 24.4 Å². The number of aliphatic imine (C=N–C) groups is 1. The summed E-state index contributed by atoms with van der Waals surface area (Å²) in [5, 5.41) is 4.23. The van der Waals surface area contributed by atoms with E-state index in [1.165, 1.54) is 12.1 Å². The number of benzene rings is 1. The number of aryl methyl sites for hydroxylation is 1. The summed E-state index contributed by atoms with van der Waals surface area (Å²) in [6.45, 7) is 3.54. The van der Waals surface area contributed by atoms with Crippen molar-refractivity contribution >= 4 is 27.5 Å². The van der Waals surface area contributed by atoms with E-state index in [0.29, 0.717) is 29.8 Å². The number of carbonyl (C=O) groups excluding carboxylic acids is 1. The molecular formula is C19H23BrFN5O2. The molecule has 1 aliphatic heterocycles.